The van der Waals surface area contributed by atoms with Crippen molar-refractivity contribution >= 4 is 0 Å². The molecule has 1 aromatic heterocycles. The summed E-state index contributed by atoms with van der Waals surface area (Å²) in [7, 11) is 0. The van der Waals surface area contributed by atoms with Crippen LogP contribution in [-0.4, -0.2) is 37.6 Å². The van der Waals surface area contributed by atoms with Crippen LogP contribution in [0.25, 0.3) is 0 Å². The van der Waals surface area contributed by atoms with Crippen molar-refractivity contribution in [3.05, 3.63) is 41.2 Å². The molecule has 1 aromatic carbocycles. The lowest BCUT2D eigenvalue weighted by Crippen LogP contribution is -2.33. The molecule has 0 spiro atoms. The Balaban J connectivity index is 2.00. The first-order chi connectivity index (χ1) is 9.34. The van der Waals surface area contributed by atoms with Gasteiger partial charge in [-0.05, 0) is 17.7 Å². The Hall–Kier alpha value is -1.96. The number of rotatable bonds is 4. The van der Waals surface area contributed by atoms with Crippen LogP contribution in [0.5, 0.6) is 0 Å². The number of aryl methyl sites for hydroxylation is 1. The van der Waals surface area contributed by atoms with Gasteiger partial charge in [-0.25, -0.2) is 0 Å². The van der Waals surface area contributed by atoms with E-state index >= 15 is 0 Å². The number of benzene rings is 1. The Bertz CT molecular complexity index is 565. The zero-order valence-electron chi connectivity index (χ0n) is 10.7. The highest BCUT2D eigenvalue weighted by Gasteiger charge is 2.38. The fourth-order valence-corrected chi connectivity index (χ4v) is 1.57. The predicted octanol–water partition coefficient (Wildman–Crippen LogP) is 1.50. The third kappa shape index (κ3) is 3.77. The number of aliphatic hydroxyl groups excluding tert-OH is 1. The zero-order chi connectivity index (χ0) is 14.8. The molecule has 5 nitrogen and oxygen atoms in total. The number of hydrogen-bond acceptors (Lipinski definition) is 4. The first kappa shape index (κ1) is 14.4. The van der Waals surface area contributed by atoms with E-state index in [1.165, 1.54) is 0 Å². The summed E-state index contributed by atoms with van der Waals surface area (Å²) in [6.07, 6.45) is -6.81. The van der Waals surface area contributed by atoms with Crippen LogP contribution >= 0.6 is 0 Å². The lowest BCUT2D eigenvalue weighted by molar-refractivity contribution is -0.208. The first-order valence-electron chi connectivity index (χ1n) is 5.91. The molecular formula is C12H13F3N4O. The minimum Gasteiger partial charge on any atom is -0.382 e. The zero-order valence-corrected chi connectivity index (χ0v) is 10.7. The van der Waals surface area contributed by atoms with Crippen molar-refractivity contribution in [1.82, 2.24) is 20.2 Å². The van der Waals surface area contributed by atoms with Gasteiger partial charge in [0.15, 0.2) is 11.9 Å². The van der Waals surface area contributed by atoms with E-state index in [0.717, 1.165) is 15.9 Å². The van der Waals surface area contributed by atoms with E-state index in [1.807, 2.05) is 31.2 Å². The quantitative estimate of drug-likeness (QED) is 0.925. The summed E-state index contributed by atoms with van der Waals surface area (Å²) in [5, 5.41) is 19.9. The van der Waals surface area contributed by atoms with Crippen molar-refractivity contribution in [1.29, 1.82) is 0 Å². The normalized spacial score (nSPS) is 13.4. The average molecular weight is 286 g/mol. The van der Waals surface area contributed by atoms with Gasteiger partial charge in [-0.3, -0.25) is 0 Å². The van der Waals surface area contributed by atoms with Crippen molar-refractivity contribution < 1.29 is 18.3 Å². The first-order valence-corrected chi connectivity index (χ1v) is 5.91. The number of alkyl halides is 3. The van der Waals surface area contributed by atoms with Gasteiger partial charge in [0.2, 0.25) is 0 Å². The molecule has 2 aromatic rings. The summed E-state index contributed by atoms with van der Waals surface area (Å²) in [5.74, 6) is 0.309. The molecule has 1 atom stereocenters. The topological polar surface area (TPSA) is 63.8 Å². The molecule has 0 aliphatic heterocycles. The third-order valence-corrected chi connectivity index (χ3v) is 2.69. The van der Waals surface area contributed by atoms with Gasteiger partial charge in [0.1, 0.15) is 0 Å². The molecule has 1 N–H and O–H groups in total. The van der Waals surface area contributed by atoms with Crippen molar-refractivity contribution in [3.63, 3.8) is 0 Å². The van der Waals surface area contributed by atoms with Crippen LogP contribution in [-0.2, 0) is 13.0 Å². The second-order valence-electron chi connectivity index (χ2n) is 4.48. The van der Waals surface area contributed by atoms with Crippen LogP contribution < -0.4 is 0 Å². The maximum absolute atomic E-state index is 12.2. The van der Waals surface area contributed by atoms with Crippen LogP contribution in [0, 0.1) is 6.92 Å². The van der Waals surface area contributed by atoms with Crippen molar-refractivity contribution in [2.24, 2.45) is 0 Å². The van der Waals surface area contributed by atoms with Gasteiger partial charge < -0.3 is 5.11 Å². The lowest BCUT2D eigenvalue weighted by Gasteiger charge is -2.12. The van der Waals surface area contributed by atoms with E-state index in [9.17, 15) is 13.2 Å². The minimum atomic E-state index is -4.69. The summed E-state index contributed by atoms with van der Waals surface area (Å²) in [6.45, 7) is 1.20. The van der Waals surface area contributed by atoms with Gasteiger partial charge in [-0.15, -0.1) is 10.2 Å². The summed E-state index contributed by atoms with van der Waals surface area (Å²) >= 11 is 0. The SMILES string of the molecule is Cc1ccc(Cc2nnn(C[C@H](O)C(F)(F)F)n2)cc1. The molecule has 1 heterocycles. The molecule has 0 aliphatic carbocycles. The summed E-state index contributed by atoms with van der Waals surface area (Å²) in [5.41, 5.74) is 2.05. The molecule has 108 valence electrons. The van der Waals surface area contributed by atoms with Gasteiger partial charge in [0, 0.05) is 6.42 Å². The van der Waals surface area contributed by atoms with Crippen LogP contribution in [0.4, 0.5) is 13.2 Å². The number of nitrogens with zero attached hydrogens (tertiary/aromatic N) is 4. The molecule has 0 bridgehead atoms. The smallest absolute Gasteiger partial charge is 0.382 e. The van der Waals surface area contributed by atoms with Gasteiger partial charge in [0.25, 0.3) is 0 Å². The molecule has 20 heavy (non-hydrogen) atoms. The van der Waals surface area contributed by atoms with Crippen molar-refractivity contribution in [3.8, 4) is 0 Å². The Morgan fingerprint density at radius 2 is 1.90 bits per heavy atom. The maximum Gasteiger partial charge on any atom is 0.416 e. The van der Waals surface area contributed by atoms with Crippen LogP contribution in [0.15, 0.2) is 24.3 Å². The third-order valence-electron chi connectivity index (χ3n) is 2.69. The summed E-state index contributed by atoms with van der Waals surface area (Å²) in [6, 6.07) is 7.63. The summed E-state index contributed by atoms with van der Waals surface area (Å²) < 4.78 is 36.6. The summed E-state index contributed by atoms with van der Waals surface area (Å²) in [4.78, 5) is 0.752. The molecule has 8 heteroatoms. The molecule has 0 radical (unpaired) electrons. The van der Waals surface area contributed by atoms with E-state index < -0.39 is 18.8 Å². The number of aromatic nitrogens is 4. The highest BCUT2D eigenvalue weighted by molar-refractivity contribution is 5.23. The van der Waals surface area contributed by atoms with Gasteiger partial charge in [-0.1, -0.05) is 29.8 Å². The van der Waals surface area contributed by atoms with Crippen LogP contribution in [0.3, 0.4) is 0 Å². The molecule has 0 saturated heterocycles. The van der Waals surface area contributed by atoms with Gasteiger partial charge in [0.05, 0.1) is 6.54 Å². The Kier molecular flexibility index (Phi) is 4.03. The molecule has 0 saturated carbocycles. The molecule has 0 amide bonds. The minimum absolute atomic E-state index is 0.309. The standard InChI is InChI=1S/C12H13F3N4O/c1-8-2-4-9(5-3-8)6-11-16-18-19(17-11)7-10(20)12(13,14)15/h2-5,10,20H,6-7H2,1H3/t10-/m0/s1. The monoisotopic (exact) mass is 286 g/mol. The Morgan fingerprint density at radius 3 is 2.50 bits per heavy atom. The molecule has 0 aliphatic rings. The Morgan fingerprint density at radius 1 is 1.25 bits per heavy atom. The van der Waals surface area contributed by atoms with Crippen molar-refractivity contribution in [2.75, 3.05) is 0 Å². The molecule has 2 rings (SSSR count). The second kappa shape index (κ2) is 5.58. The molecular weight excluding hydrogens is 273 g/mol. The van der Waals surface area contributed by atoms with Gasteiger partial charge in [-0.2, -0.15) is 18.0 Å². The molecule has 0 unspecified atom stereocenters. The molecule has 0 fully saturated rings. The van der Waals surface area contributed by atoms with Gasteiger partial charge >= 0.3 is 6.18 Å². The van der Waals surface area contributed by atoms with E-state index in [1.54, 1.807) is 0 Å². The largest absolute Gasteiger partial charge is 0.416 e. The highest BCUT2D eigenvalue weighted by Crippen LogP contribution is 2.20. The lowest BCUT2D eigenvalue weighted by atomic mass is 10.1. The van der Waals surface area contributed by atoms with E-state index in [2.05, 4.69) is 15.4 Å². The number of aliphatic hydroxyl groups is 1. The number of tetrazole rings is 1. The van der Waals surface area contributed by atoms with Crippen LogP contribution in [0.1, 0.15) is 17.0 Å². The highest BCUT2D eigenvalue weighted by atomic mass is 19.4. The Labute approximate surface area is 113 Å². The fourth-order valence-electron chi connectivity index (χ4n) is 1.57. The van der Waals surface area contributed by atoms with E-state index in [0.29, 0.717) is 12.2 Å². The van der Waals surface area contributed by atoms with E-state index in [4.69, 9.17) is 5.11 Å². The second-order valence-corrected chi connectivity index (χ2v) is 4.48. The van der Waals surface area contributed by atoms with Crippen LogP contribution in [0.2, 0.25) is 0 Å². The number of halogens is 3. The average Bonchev–Trinajstić information content (AvgIpc) is 2.78. The van der Waals surface area contributed by atoms with Crippen molar-refractivity contribution in [2.45, 2.75) is 32.2 Å². The fraction of sp³-hybridized carbons (Fsp3) is 0.417. The maximum atomic E-state index is 12.2. The van der Waals surface area contributed by atoms with E-state index in [-0.39, 0.29) is 0 Å². The number of hydrogen-bond donors (Lipinski definition) is 1. The predicted molar refractivity (Wildman–Crippen MR) is 63.9 cm³/mol.